The van der Waals surface area contributed by atoms with E-state index in [-0.39, 0.29) is 25.7 Å². The Labute approximate surface area is 586 Å². The minimum atomic E-state index is -4.96. The van der Waals surface area contributed by atoms with Crippen molar-refractivity contribution in [2.45, 2.75) is 400 Å². The number of allylic oxidation sites excluding steroid dienone is 4. The highest BCUT2D eigenvalue weighted by Crippen LogP contribution is 2.45. The fraction of sp³-hybridized carbons (Fsp3) is 0.896. The van der Waals surface area contributed by atoms with Gasteiger partial charge >= 0.3 is 39.5 Å². The van der Waals surface area contributed by atoms with Gasteiger partial charge < -0.3 is 33.8 Å². The zero-order valence-corrected chi connectivity index (χ0v) is 63.8. The van der Waals surface area contributed by atoms with E-state index in [0.717, 1.165) is 115 Å². The van der Waals surface area contributed by atoms with E-state index < -0.39 is 97.5 Å². The molecule has 0 bridgehead atoms. The number of hydrogen-bond acceptors (Lipinski definition) is 15. The molecule has 0 aromatic rings. The van der Waals surface area contributed by atoms with Crippen molar-refractivity contribution in [2.24, 2.45) is 5.92 Å². The average molecular weight is 1410 g/mol. The van der Waals surface area contributed by atoms with Gasteiger partial charge in [0.1, 0.15) is 19.3 Å². The molecule has 0 aliphatic carbocycles. The van der Waals surface area contributed by atoms with Crippen LogP contribution in [0.25, 0.3) is 0 Å². The van der Waals surface area contributed by atoms with E-state index >= 15 is 0 Å². The molecule has 0 aliphatic rings. The molecule has 0 aromatic heterocycles. The number of carbonyl (C=O) groups excluding carboxylic acids is 4. The lowest BCUT2D eigenvalue weighted by Crippen LogP contribution is -2.30. The van der Waals surface area contributed by atoms with Crippen LogP contribution < -0.4 is 0 Å². The van der Waals surface area contributed by atoms with Gasteiger partial charge in [0.15, 0.2) is 12.2 Å². The highest BCUT2D eigenvalue weighted by atomic mass is 31.2. The number of aliphatic hydroxyl groups is 1. The van der Waals surface area contributed by atoms with Gasteiger partial charge in [-0.3, -0.25) is 37.3 Å². The van der Waals surface area contributed by atoms with E-state index in [1.807, 2.05) is 0 Å². The minimum absolute atomic E-state index is 0.101. The molecule has 96 heavy (non-hydrogen) atoms. The Bertz CT molecular complexity index is 1940. The zero-order chi connectivity index (χ0) is 70.5. The number of esters is 4. The maximum Gasteiger partial charge on any atom is 0.472 e. The second kappa shape index (κ2) is 69.6. The Morgan fingerprint density at radius 1 is 0.333 bits per heavy atom. The SMILES string of the molecule is CCCCCC/C=C\C=C/CCCCCCCC(=O)OC[C@H](COP(=O)(O)OC[C@@H](O)COP(=O)(O)OC[C@@H](COC(=O)CCCCCCCCCCCC)OC(=O)CCCCCCCCC(C)CC)OC(=O)CCCCCCCCCCCCCCCCCCCCCCC. The third kappa shape index (κ3) is 68.7. The third-order valence-electron chi connectivity index (χ3n) is 17.8. The van der Waals surface area contributed by atoms with Crippen molar-refractivity contribution in [2.75, 3.05) is 39.6 Å². The second-order valence-electron chi connectivity index (χ2n) is 27.3. The Morgan fingerprint density at radius 2 is 0.583 bits per heavy atom. The molecular formula is C77H146O17P2. The largest absolute Gasteiger partial charge is 0.472 e. The summed E-state index contributed by atoms with van der Waals surface area (Å²) < 4.78 is 68.4. The lowest BCUT2D eigenvalue weighted by molar-refractivity contribution is -0.161. The number of phosphoric acid groups is 2. The summed E-state index contributed by atoms with van der Waals surface area (Å²) in [5.74, 6) is -1.43. The molecule has 0 fully saturated rings. The smallest absolute Gasteiger partial charge is 0.462 e. The summed E-state index contributed by atoms with van der Waals surface area (Å²) in [4.78, 5) is 72.7. The number of ether oxygens (including phenoxy) is 4. The standard InChI is InChI=1S/C77H146O17P2/c1-6-10-13-16-19-22-25-27-29-30-31-32-33-34-36-38-40-43-46-52-57-62-76(81)93-72(66-87-75(80)61-56-51-45-42-39-37-35-28-26-23-20-17-14-11-7-2)68-91-95(83,84)89-64-71(78)65-90-96(85,86)92-69-73(94-77(82)63-58-53-48-47-49-54-59-70(5)9-4)67-88-74(79)60-55-50-44-41-24-21-18-15-12-8-3/h23,26,28,35,70-73,78H,6-22,24-25,27,29-34,36-69H2,1-5H3,(H,83,84)(H,85,86)/b26-23-,35-28-/t70?,71-,72-,73-/m1/s1. The number of aliphatic hydroxyl groups excluding tert-OH is 1. The summed E-state index contributed by atoms with van der Waals surface area (Å²) >= 11 is 0. The van der Waals surface area contributed by atoms with Crippen LogP contribution in [0.3, 0.4) is 0 Å². The highest BCUT2D eigenvalue weighted by molar-refractivity contribution is 7.47. The molecule has 6 atom stereocenters. The monoisotopic (exact) mass is 1410 g/mol. The zero-order valence-electron chi connectivity index (χ0n) is 62.0. The van der Waals surface area contributed by atoms with Gasteiger partial charge in [-0.05, 0) is 57.3 Å². The van der Waals surface area contributed by atoms with E-state index in [1.165, 1.54) is 186 Å². The van der Waals surface area contributed by atoms with Crippen LogP contribution in [0.5, 0.6) is 0 Å². The predicted octanol–water partition coefficient (Wildman–Crippen LogP) is 22.4. The molecule has 0 saturated heterocycles. The summed E-state index contributed by atoms with van der Waals surface area (Å²) in [5.41, 5.74) is 0. The quantitative estimate of drug-likeness (QED) is 0.0169. The van der Waals surface area contributed by atoms with Crippen LogP contribution in [0.2, 0.25) is 0 Å². The van der Waals surface area contributed by atoms with Gasteiger partial charge in [-0.2, -0.15) is 0 Å². The molecule has 566 valence electrons. The van der Waals surface area contributed by atoms with Crippen molar-refractivity contribution < 1.29 is 80.2 Å². The fourth-order valence-corrected chi connectivity index (χ4v) is 12.9. The molecule has 0 radical (unpaired) electrons. The summed E-state index contributed by atoms with van der Waals surface area (Å²) in [7, 11) is -9.92. The Morgan fingerprint density at radius 3 is 0.885 bits per heavy atom. The average Bonchev–Trinajstić information content (AvgIpc) is 1.24. The molecule has 0 spiro atoms. The lowest BCUT2D eigenvalue weighted by atomic mass is 10.00. The molecular weight excluding hydrogens is 1260 g/mol. The van der Waals surface area contributed by atoms with E-state index in [4.69, 9.17) is 37.0 Å². The molecule has 3 N–H and O–H groups in total. The molecule has 0 rings (SSSR count). The van der Waals surface area contributed by atoms with Crippen molar-refractivity contribution in [1.82, 2.24) is 0 Å². The maximum absolute atomic E-state index is 13.1. The van der Waals surface area contributed by atoms with Crippen molar-refractivity contribution in [1.29, 1.82) is 0 Å². The normalized spacial score (nSPS) is 14.4. The number of phosphoric ester groups is 2. The first-order chi connectivity index (χ1) is 46.6. The van der Waals surface area contributed by atoms with E-state index in [9.17, 15) is 43.2 Å². The van der Waals surface area contributed by atoms with Crippen molar-refractivity contribution >= 4 is 39.5 Å². The summed E-state index contributed by atoms with van der Waals surface area (Å²) in [6.07, 6.45) is 62.0. The van der Waals surface area contributed by atoms with Crippen molar-refractivity contribution in [3.63, 3.8) is 0 Å². The molecule has 17 nitrogen and oxygen atoms in total. The van der Waals surface area contributed by atoms with Crippen molar-refractivity contribution in [3.8, 4) is 0 Å². The maximum atomic E-state index is 13.1. The Kier molecular flexibility index (Phi) is 67.8. The molecule has 0 aromatic carbocycles. The van der Waals surface area contributed by atoms with Gasteiger partial charge in [-0.1, -0.05) is 329 Å². The fourth-order valence-electron chi connectivity index (χ4n) is 11.3. The lowest BCUT2D eigenvalue weighted by Gasteiger charge is -2.21. The van der Waals surface area contributed by atoms with Crippen LogP contribution >= 0.6 is 15.6 Å². The van der Waals surface area contributed by atoms with E-state index in [0.29, 0.717) is 25.7 Å². The van der Waals surface area contributed by atoms with Gasteiger partial charge in [0, 0.05) is 25.7 Å². The first kappa shape index (κ1) is 93.5. The first-order valence-corrected chi connectivity index (χ1v) is 42.5. The molecule has 19 heteroatoms. The number of rotatable bonds is 75. The molecule has 0 amide bonds. The topological polar surface area (TPSA) is 237 Å². The van der Waals surface area contributed by atoms with Gasteiger partial charge in [0.25, 0.3) is 0 Å². The van der Waals surface area contributed by atoms with Crippen LogP contribution in [0, 0.1) is 5.92 Å². The number of hydrogen-bond donors (Lipinski definition) is 3. The van der Waals surface area contributed by atoms with Gasteiger partial charge in [-0.25, -0.2) is 9.13 Å². The predicted molar refractivity (Wildman–Crippen MR) is 391 cm³/mol. The van der Waals surface area contributed by atoms with Gasteiger partial charge in [0.2, 0.25) is 0 Å². The van der Waals surface area contributed by atoms with E-state index in [2.05, 4.69) is 58.9 Å². The Hall–Kier alpha value is -2.46. The summed E-state index contributed by atoms with van der Waals surface area (Å²) in [6.45, 7) is 7.16. The second-order valence-corrected chi connectivity index (χ2v) is 30.2. The molecule has 0 saturated carbocycles. The minimum Gasteiger partial charge on any atom is -0.462 e. The molecule has 3 unspecified atom stereocenters. The number of unbranched alkanes of at least 4 members (excludes halogenated alkanes) is 43. The highest BCUT2D eigenvalue weighted by Gasteiger charge is 2.30. The van der Waals surface area contributed by atoms with Gasteiger partial charge in [-0.15, -0.1) is 0 Å². The van der Waals surface area contributed by atoms with Crippen LogP contribution in [-0.2, 0) is 65.4 Å². The molecule has 0 aliphatic heterocycles. The van der Waals surface area contributed by atoms with Crippen LogP contribution in [0.15, 0.2) is 24.3 Å². The number of carbonyl (C=O) groups is 4. The summed E-state index contributed by atoms with van der Waals surface area (Å²) in [6, 6.07) is 0. The van der Waals surface area contributed by atoms with E-state index in [1.54, 1.807) is 0 Å². The van der Waals surface area contributed by atoms with Crippen LogP contribution in [0.1, 0.15) is 381 Å². The van der Waals surface area contributed by atoms with Crippen molar-refractivity contribution in [3.05, 3.63) is 24.3 Å². The van der Waals surface area contributed by atoms with Crippen LogP contribution in [-0.4, -0.2) is 96.7 Å². The summed E-state index contributed by atoms with van der Waals surface area (Å²) in [5, 5.41) is 10.6. The van der Waals surface area contributed by atoms with Gasteiger partial charge in [0.05, 0.1) is 26.4 Å². The first-order valence-electron chi connectivity index (χ1n) is 39.5. The third-order valence-corrected chi connectivity index (χ3v) is 19.7. The van der Waals surface area contributed by atoms with Crippen LogP contribution in [0.4, 0.5) is 0 Å². The Balaban J connectivity index is 5.23. The molecule has 0 heterocycles.